The molecule has 3 rings (SSSR count). The normalized spacial score (nSPS) is 10.5. The number of carbonyl (C=O) groups excluding carboxylic acids is 1. The Morgan fingerprint density at radius 3 is 2.43 bits per heavy atom. The molecule has 1 heterocycles. The monoisotopic (exact) mass is 399 g/mol. The molecule has 0 aliphatic heterocycles. The van der Waals surface area contributed by atoms with Crippen LogP contribution in [0.15, 0.2) is 58.2 Å². The van der Waals surface area contributed by atoms with Gasteiger partial charge in [-0.1, -0.05) is 11.8 Å². The number of hydrogen-bond acceptors (Lipinski definition) is 8. The van der Waals surface area contributed by atoms with Crippen LogP contribution >= 0.6 is 11.8 Å². The number of nitro groups is 1. The molecule has 0 fully saturated rings. The zero-order chi connectivity index (χ0) is 20.1. The number of nitro benzene ring substituents is 1. The maximum absolute atomic E-state index is 12.1. The smallest absolute Gasteiger partial charge is 0.277 e. The number of aromatic nitrogens is 2. The van der Waals surface area contributed by atoms with Gasteiger partial charge in [-0.05, 0) is 36.4 Å². The Morgan fingerprint density at radius 2 is 1.82 bits per heavy atom. The van der Waals surface area contributed by atoms with E-state index in [-0.39, 0.29) is 28.5 Å². The topological polar surface area (TPSA) is 114 Å². The Labute approximate surface area is 164 Å². The summed E-state index contributed by atoms with van der Waals surface area (Å²) >= 11 is 1.11. The van der Waals surface area contributed by atoms with Crippen LogP contribution < -0.4 is 10.2 Å². The Bertz CT molecular complexity index is 970. The maximum Gasteiger partial charge on any atom is 0.277 e. The largest absolute Gasteiger partial charge is 0.411 e. The minimum absolute atomic E-state index is 0.0202. The molecule has 0 spiro atoms. The number of nitrogens with zero attached hydrogens (tertiary/aromatic N) is 4. The number of rotatable bonds is 7. The molecule has 0 radical (unpaired) electrons. The molecule has 0 atom stereocenters. The number of benzene rings is 2. The zero-order valence-corrected chi connectivity index (χ0v) is 16.0. The van der Waals surface area contributed by atoms with Crippen molar-refractivity contribution >= 4 is 34.7 Å². The molecule has 1 amide bonds. The molecule has 0 saturated heterocycles. The van der Waals surface area contributed by atoms with Gasteiger partial charge in [-0.15, -0.1) is 10.2 Å². The van der Waals surface area contributed by atoms with Crippen molar-refractivity contribution < 1.29 is 14.1 Å². The second-order valence-electron chi connectivity index (χ2n) is 5.96. The van der Waals surface area contributed by atoms with Crippen LogP contribution in [0.4, 0.5) is 17.1 Å². The van der Waals surface area contributed by atoms with Gasteiger partial charge in [0, 0.05) is 43.2 Å². The van der Waals surface area contributed by atoms with Crippen molar-refractivity contribution in [2.24, 2.45) is 0 Å². The van der Waals surface area contributed by atoms with Crippen molar-refractivity contribution in [2.45, 2.75) is 5.22 Å². The van der Waals surface area contributed by atoms with Gasteiger partial charge in [0.2, 0.25) is 11.8 Å². The van der Waals surface area contributed by atoms with Crippen molar-refractivity contribution in [3.63, 3.8) is 0 Å². The molecule has 2 aromatic carbocycles. The summed E-state index contributed by atoms with van der Waals surface area (Å²) in [5, 5.41) is 21.5. The maximum atomic E-state index is 12.1. The Kier molecular flexibility index (Phi) is 5.90. The quantitative estimate of drug-likeness (QED) is 0.365. The molecule has 0 aliphatic carbocycles. The third-order valence-electron chi connectivity index (χ3n) is 3.73. The van der Waals surface area contributed by atoms with Crippen LogP contribution in [0.3, 0.4) is 0 Å². The highest BCUT2D eigenvalue weighted by atomic mass is 32.2. The first-order valence-electron chi connectivity index (χ1n) is 8.21. The van der Waals surface area contributed by atoms with E-state index in [0.717, 1.165) is 17.4 Å². The van der Waals surface area contributed by atoms with Crippen LogP contribution in [-0.4, -0.2) is 40.9 Å². The molecule has 0 saturated carbocycles. The molecule has 0 bridgehead atoms. The second kappa shape index (κ2) is 8.53. The van der Waals surface area contributed by atoms with E-state index in [1.165, 1.54) is 24.3 Å². The van der Waals surface area contributed by atoms with Crippen molar-refractivity contribution in [1.82, 2.24) is 10.2 Å². The van der Waals surface area contributed by atoms with Crippen molar-refractivity contribution in [1.29, 1.82) is 0 Å². The average Bonchev–Trinajstić information content (AvgIpc) is 3.16. The van der Waals surface area contributed by atoms with E-state index in [4.69, 9.17) is 4.42 Å². The number of hydrogen-bond donors (Lipinski definition) is 1. The molecular formula is C18H17N5O4S. The summed E-state index contributed by atoms with van der Waals surface area (Å²) < 4.78 is 5.50. The molecule has 1 N–H and O–H groups in total. The molecule has 10 heteroatoms. The minimum atomic E-state index is -0.481. The van der Waals surface area contributed by atoms with E-state index >= 15 is 0 Å². The predicted molar refractivity (Wildman–Crippen MR) is 107 cm³/mol. The molecule has 3 aromatic rings. The Balaban J connectivity index is 1.55. The first-order chi connectivity index (χ1) is 13.4. The summed E-state index contributed by atoms with van der Waals surface area (Å²) in [4.78, 5) is 24.3. The number of anilines is 2. The number of amides is 1. The Hall–Kier alpha value is -3.40. The van der Waals surface area contributed by atoms with Gasteiger partial charge in [0.05, 0.1) is 10.7 Å². The highest BCUT2D eigenvalue weighted by Gasteiger charge is 2.13. The van der Waals surface area contributed by atoms with Crippen molar-refractivity contribution in [2.75, 3.05) is 30.1 Å². The minimum Gasteiger partial charge on any atom is -0.411 e. The lowest BCUT2D eigenvalue weighted by atomic mass is 10.2. The number of carbonyl (C=O) groups is 1. The summed E-state index contributed by atoms with van der Waals surface area (Å²) in [5.74, 6) is 0.145. The van der Waals surface area contributed by atoms with Gasteiger partial charge in [0.1, 0.15) is 0 Å². The van der Waals surface area contributed by atoms with Crippen LogP contribution in [0.1, 0.15) is 0 Å². The van der Waals surface area contributed by atoms with Crippen molar-refractivity contribution in [3.8, 4) is 11.5 Å². The SMILES string of the molecule is CN(C)c1ccc(NC(=O)CSc2nnc(-c3ccc([N+](=O)[O-])cc3)o2)cc1. The lowest BCUT2D eigenvalue weighted by Gasteiger charge is -2.12. The first kappa shape index (κ1) is 19.4. The second-order valence-corrected chi connectivity index (χ2v) is 6.88. The van der Waals surface area contributed by atoms with E-state index < -0.39 is 4.92 Å². The van der Waals surface area contributed by atoms with Gasteiger partial charge in [-0.2, -0.15) is 0 Å². The highest BCUT2D eigenvalue weighted by Crippen LogP contribution is 2.25. The molecule has 0 unspecified atom stereocenters. The lowest BCUT2D eigenvalue weighted by Crippen LogP contribution is -2.14. The zero-order valence-electron chi connectivity index (χ0n) is 15.2. The number of non-ortho nitro benzene ring substituents is 1. The van der Waals surface area contributed by atoms with Gasteiger partial charge in [-0.3, -0.25) is 14.9 Å². The summed E-state index contributed by atoms with van der Waals surface area (Å²) in [5.41, 5.74) is 2.29. The molecule has 144 valence electrons. The van der Waals surface area contributed by atoms with E-state index in [1.807, 2.05) is 43.3 Å². The van der Waals surface area contributed by atoms with E-state index in [9.17, 15) is 14.9 Å². The highest BCUT2D eigenvalue weighted by molar-refractivity contribution is 7.99. The summed E-state index contributed by atoms with van der Waals surface area (Å²) in [6.07, 6.45) is 0. The summed E-state index contributed by atoms with van der Waals surface area (Å²) in [6, 6.07) is 13.3. The van der Waals surface area contributed by atoms with Crippen LogP contribution in [0.2, 0.25) is 0 Å². The van der Waals surface area contributed by atoms with Gasteiger partial charge in [0.25, 0.3) is 10.9 Å². The van der Waals surface area contributed by atoms with E-state index in [1.54, 1.807) is 0 Å². The van der Waals surface area contributed by atoms with E-state index in [0.29, 0.717) is 11.3 Å². The van der Waals surface area contributed by atoms with Crippen LogP contribution in [-0.2, 0) is 4.79 Å². The lowest BCUT2D eigenvalue weighted by molar-refractivity contribution is -0.384. The molecule has 28 heavy (non-hydrogen) atoms. The van der Waals surface area contributed by atoms with Crippen LogP contribution in [0, 0.1) is 10.1 Å². The third kappa shape index (κ3) is 4.86. The number of nitrogens with one attached hydrogen (secondary N) is 1. The van der Waals surface area contributed by atoms with Gasteiger partial charge in [0.15, 0.2) is 0 Å². The standard InChI is InChI=1S/C18H17N5O4S/c1-22(2)14-9-5-13(6-10-14)19-16(24)11-28-18-21-20-17(27-18)12-3-7-15(8-4-12)23(25)26/h3-10H,11H2,1-2H3,(H,19,24). The fraction of sp³-hybridized carbons (Fsp3) is 0.167. The molecule has 0 aliphatic rings. The summed E-state index contributed by atoms with van der Waals surface area (Å²) in [6.45, 7) is 0. The number of thioether (sulfide) groups is 1. The van der Waals surface area contributed by atoms with Gasteiger partial charge >= 0.3 is 0 Å². The third-order valence-corrected chi connectivity index (χ3v) is 4.54. The predicted octanol–water partition coefficient (Wildman–Crippen LogP) is 3.44. The Morgan fingerprint density at radius 1 is 1.14 bits per heavy atom. The van der Waals surface area contributed by atoms with Gasteiger partial charge in [-0.25, -0.2) is 0 Å². The molecular weight excluding hydrogens is 382 g/mol. The van der Waals surface area contributed by atoms with Crippen LogP contribution in [0.25, 0.3) is 11.5 Å². The average molecular weight is 399 g/mol. The molecule has 9 nitrogen and oxygen atoms in total. The summed E-state index contributed by atoms with van der Waals surface area (Å²) in [7, 11) is 3.89. The van der Waals surface area contributed by atoms with Gasteiger partial charge < -0.3 is 14.6 Å². The first-order valence-corrected chi connectivity index (χ1v) is 9.19. The van der Waals surface area contributed by atoms with Crippen molar-refractivity contribution in [3.05, 3.63) is 58.6 Å². The fourth-order valence-corrected chi connectivity index (χ4v) is 2.84. The molecule has 1 aromatic heterocycles. The van der Waals surface area contributed by atoms with E-state index in [2.05, 4.69) is 15.5 Å². The van der Waals surface area contributed by atoms with Crippen LogP contribution in [0.5, 0.6) is 0 Å². The fourth-order valence-electron chi connectivity index (χ4n) is 2.28.